The lowest BCUT2D eigenvalue weighted by atomic mass is 10.1. The van der Waals surface area contributed by atoms with Gasteiger partial charge in [-0.05, 0) is 37.1 Å². The van der Waals surface area contributed by atoms with Gasteiger partial charge in [-0.15, -0.1) is 5.10 Å². The number of aryl methyl sites for hydroxylation is 2. The fraction of sp³-hybridized carbons (Fsp3) is 0.150. The summed E-state index contributed by atoms with van der Waals surface area (Å²) in [6, 6.07) is 15.8. The number of aromatic nitrogens is 4. The summed E-state index contributed by atoms with van der Waals surface area (Å²) < 4.78 is 1.56. The van der Waals surface area contributed by atoms with Crippen LogP contribution < -0.4 is 5.32 Å². The second kappa shape index (κ2) is 7.18. The predicted molar refractivity (Wildman–Crippen MR) is 109 cm³/mol. The minimum Gasteiger partial charge on any atom is -0.323 e. The van der Waals surface area contributed by atoms with E-state index in [1.165, 1.54) is 0 Å². The lowest BCUT2D eigenvalue weighted by molar-refractivity contribution is 0.903. The van der Waals surface area contributed by atoms with Crippen LogP contribution >= 0.6 is 23.2 Å². The van der Waals surface area contributed by atoms with Crippen LogP contribution in [0.2, 0.25) is 10.2 Å². The zero-order chi connectivity index (χ0) is 19.0. The van der Waals surface area contributed by atoms with Gasteiger partial charge in [0.25, 0.3) is 5.78 Å². The highest BCUT2D eigenvalue weighted by Crippen LogP contribution is 2.26. The monoisotopic (exact) mass is 397 g/mol. The van der Waals surface area contributed by atoms with Gasteiger partial charge in [0.05, 0.1) is 0 Å². The first kappa shape index (κ1) is 17.8. The quantitative estimate of drug-likeness (QED) is 0.469. The molecule has 0 aliphatic carbocycles. The molecule has 4 aromatic rings. The van der Waals surface area contributed by atoms with E-state index in [2.05, 4.69) is 32.5 Å². The molecule has 2 aromatic carbocycles. The maximum Gasteiger partial charge on any atom is 0.255 e. The zero-order valence-electron chi connectivity index (χ0n) is 14.9. The van der Waals surface area contributed by atoms with E-state index in [0.717, 1.165) is 28.1 Å². The van der Waals surface area contributed by atoms with Crippen LogP contribution in [0.4, 0.5) is 11.6 Å². The first-order chi connectivity index (χ1) is 13.0. The van der Waals surface area contributed by atoms with Crippen molar-refractivity contribution >= 4 is 40.6 Å². The molecule has 0 amide bonds. The maximum absolute atomic E-state index is 6.64. The molecule has 0 unspecified atom stereocenters. The Labute approximate surface area is 167 Å². The molecule has 2 aromatic heterocycles. The fourth-order valence-corrected chi connectivity index (χ4v) is 3.39. The Morgan fingerprint density at radius 2 is 1.78 bits per heavy atom. The molecule has 2 heterocycles. The van der Waals surface area contributed by atoms with Crippen molar-refractivity contribution in [2.24, 2.45) is 0 Å². The van der Waals surface area contributed by atoms with Crippen LogP contribution in [0.5, 0.6) is 0 Å². The summed E-state index contributed by atoms with van der Waals surface area (Å²) >= 11 is 12.7. The van der Waals surface area contributed by atoms with Gasteiger partial charge in [0, 0.05) is 28.4 Å². The van der Waals surface area contributed by atoms with E-state index >= 15 is 0 Å². The summed E-state index contributed by atoms with van der Waals surface area (Å²) in [4.78, 5) is 9.02. The van der Waals surface area contributed by atoms with E-state index in [-0.39, 0.29) is 0 Å². The molecule has 7 heteroatoms. The molecule has 0 saturated heterocycles. The largest absolute Gasteiger partial charge is 0.323 e. The zero-order valence-corrected chi connectivity index (χ0v) is 16.4. The number of rotatable bonds is 4. The molecule has 0 radical (unpaired) electrons. The Bertz CT molecular complexity index is 1120. The summed E-state index contributed by atoms with van der Waals surface area (Å²) in [5, 5.41) is 8.83. The van der Waals surface area contributed by atoms with Crippen molar-refractivity contribution < 1.29 is 0 Å². The number of hydrogen-bond acceptors (Lipinski definition) is 4. The standard InChI is InChI=1S/C20H17Cl2N5/c1-12-8-9-15(21)11-17(12)24-19-25-20-23-13(2)16(18(22)27(20)26-19)10-14-6-4-3-5-7-14/h3-9,11H,10H2,1-2H3,(H,24,26). The van der Waals surface area contributed by atoms with Gasteiger partial charge >= 0.3 is 0 Å². The molecule has 27 heavy (non-hydrogen) atoms. The molecule has 0 aliphatic heterocycles. The van der Waals surface area contributed by atoms with Gasteiger partial charge in [0.15, 0.2) is 0 Å². The molecule has 1 N–H and O–H groups in total. The smallest absolute Gasteiger partial charge is 0.255 e. The molecule has 0 atom stereocenters. The molecule has 5 nitrogen and oxygen atoms in total. The number of halogens is 2. The number of benzene rings is 2. The summed E-state index contributed by atoms with van der Waals surface area (Å²) in [5.41, 5.74) is 4.82. The van der Waals surface area contributed by atoms with Crippen LogP contribution in [0.3, 0.4) is 0 Å². The van der Waals surface area contributed by atoms with Crippen LogP contribution in [0, 0.1) is 13.8 Å². The van der Waals surface area contributed by atoms with Gasteiger partial charge in [-0.3, -0.25) is 0 Å². The Hall–Kier alpha value is -2.63. The van der Waals surface area contributed by atoms with Crippen LogP contribution in [-0.4, -0.2) is 19.6 Å². The molecule has 0 bridgehead atoms. The Morgan fingerprint density at radius 3 is 2.56 bits per heavy atom. The number of nitrogens with zero attached hydrogens (tertiary/aromatic N) is 4. The van der Waals surface area contributed by atoms with Crippen molar-refractivity contribution in [3.8, 4) is 0 Å². The van der Waals surface area contributed by atoms with Crippen molar-refractivity contribution in [2.75, 3.05) is 5.32 Å². The first-order valence-electron chi connectivity index (χ1n) is 8.50. The third-order valence-corrected chi connectivity index (χ3v) is 5.02. The average Bonchev–Trinajstić information content (AvgIpc) is 3.05. The van der Waals surface area contributed by atoms with Crippen molar-refractivity contribution in [3.05, 3.63) is 81.1 Å². The number of hydrogen-bond donors (Lipinski definition) is 1. The molecule has 0 fully saturated rings. The second-order valence-electron chi connectivity index (χ2n) is 6.36. The van der Waals surface area contributed by atoms with Crippen LogP contribution in [0.1, 0.15) is 22.4 Å². The van der Waals surface area contributed by atoms with E-state index in [4.69, 9.17) is 23.2 Å². The maximum atomic E-state index is 6.64. The number of anilines is 2. The molecule has 0 spiro atoms. The molecule has 136 valence electrons. The van der Waals surface area contributed by atoms with Crippen molar-refractivity contribution in [1.82, 2.24) is 19.6 Å². The average molecular weight is 398 g/mol. The van der Waals surface area contributed by atoms with Crippen molar-refractivity contribution in [2.45, 2.75) is 20.3 Å². The minimum atomic E-state index is 0.422. The second-order valence-corrected chi connectivity index (χ2v) is 7.15. The Balaban J connectivity index is 1.72. The normalized spacial score (nSPS) is 11.1. The van der Waals surface area contributed by atoms with E-state index in [9.17, 15) is 0 Å². The van der Waals surface area contributed by atoms with E-state index < -0.39 is 0 Å². The summed E-state index contributed by atoms with van der Waals surface area (Å²) in [5.74, 6) is 0.877. The van der Waals surface area contributed by atoms with Crippen LogP contribution in [0.25, 0.3) is 5.78 Å². The van der Waals surface area contributed by atoms with Crippen molar-refractivity contribution in [3.63, 3.8) is 0 Å². The third kappa shape index (κ3) is 3.61. The lowest BCUT2D eigenvalue weighted by Crippen LogP contribution is -2.03. The highest BCUT2D eigenvalue weighted by molar-refractivity contribution is 6.31. The lowest BCUT2D eigenvalue weighted by Gasteiger charge is -2.08. The molecule has 0 aliphatic rings. The van der Waals surface area contributed by atoms with Crippen LogP contribution in [-0.2, 0) is 6.42 Å². The van der Waals surface area contributed by atoms with Gasteiger partial charge in [0.2, 0.25) is 5.95 Å². The predicted octanol–water partition coefficient (Wildman–Crippen LogP) is 5.38. The summed E-state index contributed by atoms with van der Waals surface area (Å²) in [6.45, 7) is 3.93. The third-order valence-electron chi connectivity index (χ3n) is 4.40. The Kier molecular flexibility index (Phi) is 4.72. The summed E-state index contributed by atoms with van der Waals surface area (Å²) in [6.07, 6.45) is 0.685. The van der Waals surface area contributed by atoms with E-state index in [0.29, 0.717) is 28.3 Å². The van der Waals surface area contributed by atoms with Crippen LogP contribution in [0.15, 0.2) is 48.5 Å². The van der Waals surface area contributed by atoms with Gasteiger partial charge in [-0.2, -0.15) is 9.50 Å². The molecular formula is C20H17Cl2N5. The highest BCUT2D eigenvalue weighted by Gasteiger charge is 2.16. The summed E-state index contributed by atoms with van der Waals surface area (Å²) in [7, 11) is 0. The number of nitrogens with one attached hydrogen (secondary N) is 1. The molecular weight excluding hydrogens is 381 g/mol. The molecule has 0 saturated carbocycles. The SMILES string of the molecule is Cc1ccc(Cl)cc1Nc1nc2nc(C)c(Cc3ccccc3)c(Cl)n2n1. The fourth-order valence-electron chi connectivity index (χ4n) is 2.91. The molecule has 4 rings (SSSR count). The topological polar surface area (TPSA) is 55.1 Å². The van der Waals surface area contributed by atoms with Gasteiger partial charge in [-0.1, -0.05) is 59.6 Å². The van der Waals surface area contributed by atoms with E-state index in [1.807, 2.05) is 50.2 Å². The van der Waals surface area contributed by atoms with Gasteiger partial charge < -0.3 is 5.32 Å². The minimum absolute atomic E-state index is 0.422. The number of fused-ring (bicyclic) bond motifs is 1. The highest BCUT2D eigenvalue weighted by atomic mass is 35.5. The van der Waals surface area contributed by atoms with E-state index in [1.54, 1.807) is 4.52 Å². The first-order valence-corrected chi connectivity index (χ1v) is 9.25. The van der Waals surface area contributed by atoms with Crippen molar-refractivity contribution in [1.29, 1.82) is 0 Å². The Morgan fingerprint density at radius 1 is 1.00 bits per heavy atom. The van der Waals surface area contributed by atoms with Gasteiger partial charge in [0.1, 0.15) is 5.15 Å². The van der Waals surface area contributed by atoms with Gasteiger partial charge in [-0.25, -0.2) is 4.98 Å².